The molecule has 1 aliphatic rings. The van der Waals surface area contributed by atoms with Crippen molar-refractivity contribution in [3.8, 4) is 0 Å². The summed E-state index contributed by atoms with van der Waals surface area (Å²) in [7, 11) is 0. The molecule has 2 heterocycles. The number of piperazine rings is 1. The zero-order valence-corrected chi connectivity index (χ0v) is 19.0. The largest absolute Gasteiger partial charge is 0.339 e. The first-order valence-electron chi connectivity index (χ1n) is 9.99. The van der Waals surface area contributed by atoms with Crippen LogP contribution in [0.1, 0.15) is 30.7 Å². The van der Waals surface area contributed by atoms with Crippen LogP contribution in [-0.2, 0) is 16.1 Å². The Morgan fingerprint density at radius 1 is 1.07 bits per heavy atom. The van der Waals surface area contributed by atoms with Gasteiger partial charge in [0.15, 0.2) is 0 Å². The van der Waals surface area contributed by atoms with Crippen molar-refractivity contribution in [1.29, 1.82) is 0 Å². The number of carbonyl (C=O) groups excluding carboxylic acids is 2. The molecule has 1 saturated heterocycles. The molecule has 30 heavy (non-hydrogen) atoms. The van der Waals surface area contributed by atoms with E-state index in [0.29, 0.717) is 42.9 Å². The van der Waals surface area contributed by atoms with Crippen molar-refractivity contribution in [3.05, 3.63) is 57.3 Å². The minimum Gasteiger partial charge on any atom is -0.339 e. The van der Waals surface area contributed by atoms with Gasteiger partial charge in [0, 0.05) is 48.8 Å². The van der Waals surface area contributed by atoms with Crippen LogP contribution in [0, 0.1) is 12.8 Å². The first-order chi connectivity index (χ1) is 14.3. The molecule has 3 rings (SSSR count). The number of amides is 2. The van der Waals surface area contributed by atoms with Gasteiger partial charge in [0.1, 0.15) is 5.15 Å². The lowest BCUT2D eigenvalue weighted by Gasteiger charge is -2.35. The maximum absolute atomic E-state index is 12.6. The van der Waals surface area contributed by atoms with Crippen LogP contribution in [0.2, 0.25) is 10.2 Å². The van der Waals surface area contributed by atoms with E-state index in [1.165, 1.54) is 6.08 Å². The van der Waals surface area contributed by atoms with Crippen LogP contribution in [0.15, 0.2) is 30.3 Å². The number of nitrogens with zero attached hydrogens (tertiary/aromatic N) is 4. The molecule has 160 valence electrons. The van der Waals surface area contributed by atoms with Gasteiger partial charge in [-0.15, -0.1) is 0 Å². The molecular weight excluding hydrogens is 423 g/mol. The zero-order chi connectivity index (χ0) is 21.8. The summed E-state index contributed by atoms with van der Waals surface area (Å²) >= 11 is 12.5. The van der Waals surface area contributed by atoms with Crippen LogP contribution < -0.4 is 0 Å². The summed E-state index contributed by atoms with van der Waals surface area (Å²) in [5, 5.41) is 5.66. The van der Waals surface area contributed by atoms with Crippen LogP contribution in [0.5, 0.6) is 0 Å². The summed E-state index contributed by atoms with van der Waals surface area (Å²) in [5.41, 5.74) is 2.52. The zero-order valence-electron chi connectivity index (χ0n) is 17.4. The van der Waals surface area contributed by atoms with E-state index >= 15 is 0 Å². The van der Waals surface area contributed by atoms with Crippen LogP contribution in [-0.4, -0.2) is 57.6 Å². The number of hydrogen-bond acceptors (Lipinski definition) is 3. The first-order valence-corrected chi connectivity index (χ1v) is 10.7. The highest BCUT2D eigenvalue weighted by atomic mass is 35.5. The minimum atomic E-state index is -0.0902. The third-order valence-electron chi connectivity index (χ3n) is 5.14. The molecular formula is C22H26Cl2N4O2. The maximum Gasteiger partial charge on any atom is 0.246 e. The topological polar surface area (TPSA) is 58.4 Å². The Morgan fingerprint density at radius 2 is 1.67 bits per heavy atom. The van der Waals surface area contributed by atoms with Crippen LogP contribution in [0.3, 0.4) is 0 Å². The fourth-order valence-corrected chi connectivity index (χ4v) is 3.82. The Labute approximate surface area is 187 Å². The molecule has 1 aromatic carbocycles. The lowest BCUT2D eigenvalue weighted by molar-refractivity contribution is -0.139. The summed E-state index contributed by atoms with van der Waals surface area (Å²) in [4.78, 5) is 28.2. The van der Waals surface area contributed by atoms with Gasteiger partial charge in [-0.1, -0.05) is 49.2 Å². The molecule has 0 spiro atoms. The highest BCUT2D eigenvalue weighted by molar-refractivity contribution is 6.31. The van der Waals surface area contributed by atoms with E-state index in [-0.39, 0.29) is 17.7 Å². The molecule has 0 radical (unpaired) electrons. The summed E-state index contributed by atoms with van der Waals surface area (Å²) < 4.78 is 1.71. The fraction of sp³-hybridized carbons (Fsp3) is 0.409. The first kappa shape index (κ1) is 22.4. The number of hydrogen-bond donors (Lipinski definition) is 0. The minimum absolute atomic E-state index is 0.0262. The molecule has 1 fully saturated rings. The number of halogens is 2. The Balaban J connectivity index is 1.63. The predicted molar refractivity (Wildman–Crippen MR) is 120 cm³/mol. The van der Waals surface area contributed by atoms with Gasteiger partial charge in [-0.05, 0) is 30.7 Å². The third kappa shape index (κ3) is 5.24. The van der Waals surface area contributed by atoms with Crippen molar-refractivity contribution in [2.24, 2.45) is 5.92 Å². The van der Waals surface area contributed by atoms with E-state index in [0.717, 1.165) is 16.8 Å². The Kier molecular flexibility index (Phi) is 7.21. The Morgan fingerprint density at radius 3 is 2.27 bits per heavy atom. The molecule has 1 aromatic heterocycles. The van der Waals surface area contributed by atoms with Gasteiger partial charge >= 0.3 is 0 Å². The average Bonchev–Trinajstić information content (AvgIpc) is 3.00. The van der Waals surface area contributed by atoms with Crippen LogP contribution in [0.4, 0.5) is 0 Å². The summed E-state index contributed by atoms with van der Waals surface area (Å²) in [5.74, 6) is 0.0161. The second-order valence-corrected chi connectivity index (χ2v) is 8.51. The standard InChI is InChI=1S/C22H26Cl2N4O2/c1-15(2)22(30)27-12-10-26(11-13-27)20(29)9-8-19-16(3)25-28(21(19)24)14-17-4-6-18(23)7-5-17/h4-9,15H,10-14H2,1-3H3/b9-8+. The Bertz CT molecular complexity index is 943. The van der Waals surface area contributed by atoms with E-state index in [4.69, 9.17) is 23.2 Å². The van der Waals surface area contributed by atoms with Gasteiger partial charge in [-0.2, -0.15) is 5.10 Å². The van der Waals surface area contributed by atoms with E-state index in [2.05, 4.69) is 5.10 Å². The van der Waals surface area contributed by atoms with Gasteiger partial charge < -0.3 is 9.80 Å². The van der Waals surface area contributed by atoms with E-state index in [1.54, 1.807) is 15.7 Å². The van der Waals surface area contributed by atoms with Crippen molar-refractivity contribution < 1.29 is 9.59 Å². The van der Waals surface area contributed by atoms with E-state index < -0.39 is 0 Å². The van der Waals surface area contributed by atoms with Crippen molar-refractivity contribution >= 4 is 41.1 Å². The second kappa shape index (κ2) is 9.67. The molecule has 0 atom stereocenters. The van der Waals surface area contributed by atoms with Crippen molar-refractivity contribution in [3.63, 3.8) is 0 Å². The van der Waals surface area contributed by atoms with Crippen molar-refractivity contribution in [2.75, 3.05) is 26.2 Å². The lowest BCUT2D eigenvalue weighted by Crippen LogP contribution is -2.51. The summed E-state index contributed by atoms with van der Waals surface area (Å²) in [6, 6.07) is 7.51. The number of aromatic nitrogens is 2. The van der Waals surface area contributed by atoms with Gasteiger partial charge in [-0.25, -0.2) is 4.68 Å². The van der Waals surface area contributed by atoms with Crippen LogP contribution in [0.25, 0.3) is 6.08 Å². The molecule has 8 heteroatoms. The summed E-state index contributed by atoms with van der Waals surface area (Å²) in [6.07, 6.45) is 3.25. The molecule has 0 aliphatic carbocycles. The second-order valence-electron chi connectivity index (χ2n) is 7.71. The fourth-order valence-electron chi connectivity index (χ4n) is 3.40. The Hall–Kier alpha value is -2.31. The maximum atomic E-state index is 12.6. The molecule has 1 aliphatic heterocycles. The smallest absolute Gasteiger partial charge is 0.246 e. The number of aryl methyl sites for hydroxylation is 1. The van der Waals surface area contributed by atoms with Crippen LogP contribution >= 0.6 is 23.2 Å². The number of rotatable bonds is 5. The summed E-state index contributed by atoms with van der Waals surface area (Å²) in [6.45, 7) is 8.36. The van der Waals surface area contributed by atoms with Crippen molar-refractivity contribution in [1.82, 2.24) is 19.6 Å². The molecule has 0 unspecified atom stereocenters. The van der Waals surface area contributed by atoms with Gasteiger partial charge in [-0.3, -0.25) is 9.59 Å². The van der Waals surface area contributed by atoms with Gasteiger partial charge in [0.2, 0.25) is 11.8 Å². The predicted octanol–water partition coefficient (Wildman–Crippen LogP) is 3.89. The van der Waals surface area contributed by atoms with Gasteiger partial charge in [0.25, 0.3) is 0 Å². The monoisotopic (exact) mass is 448 g/mol. The lowest BCUT2D eigenvalue weighted by atomic mass is 10.1. The molecule has 2 aromatic rings. The van der Waals surface area contributed by atoms with Crippen molar-refractivity contribution in [2.45, 2.75) is 27.3 Å². The number of benzene rings is 1. The highest BCUT2D eigenvalue weighted by Crippen LogP contribution is 2.23. The SMILES string of the molecule is Cc1nn(Cc2ccc(Cl)cc2)c(Cl)c1/C=C/C(=O)N1CCN(C(=O)C(C)C)CC1. The molecule has 6 nitrogen and oxygen atoms in total. The number of carbonyl (C=O) groups is 2. The molecule has 0 N–H and O–H groups in total. The van der Waals surface area contributed by atoms with E-state index in [1.807, 2.05) is 49.9 Å². The third-order valence-corrected chi connectivity index (χ3v) is 5.80. The normalized spacial score (nSPS) is 14.7. The average molecular weight is 449 g/mol. The van der Waals surface area contributed by atoms with Gasteiger partial charge in [0.05, 0.1) is 12.2 Å². The molecule has 0 saturated carbocycles. The molecule has 0 bridgehead atoms. The molecule has 2 amide bonds. The highest BCUT2D eigenvalue weighted by Gasteiger charge is 2.24. The quantitative estimate of drug-likeness (QED) is 0.651. The van der Waals surface area contributed by atoms with E-state index in [9.17, 15) is 9.59 Å².